The fourth-order valence-electron chi connectivity index (χ4n) is 1.98. The van der Waals surface area contributed by atoms with Crippen molar-refractivity contribution in [2.75, 3.05) is 19.7 Å². The summed E-state index contributed by atoms with van der Waals surface area (Å²) in [6, 6.07) is 1.71. The third kappa shape index (κ3) is 5.04. The summed E-state index contributed by atoms with van der Waals surface area (Å²) < 4.78 is 5.45. The van der Waals surface area contributed by atoms with Crippen molar-refractivity contribution in [3.05, 3.63) is 15.8 Å². The Bertz CT molecular complexity index is 478. The first-order chi connectivity index (χ1) is 10.0. The molecular weight excluding hydrogens is 290 g/mol. The third-order valence-corrected chi connectivity index (χ3v) is 4.23. The Morgan fingerprint density at radius 2 is 1.86 bits per heavy atom. The molecule has 6 heteroatoms. The highest BCUT2D eigenvalue weighted by molar-refractivity contribution is 7.14. The van der Waals surface area contributed by atoms with Crippen molar-refractivity contribution in [3.8, 4) is 5.75 Å². The van der Waals surface area contributed by atoms with Crippen molar-refractivity contribution >= 4 is 23.2 Å². The van der Waals surface area contributed by atoms with Crippen LogP contribution in [0, 0.1) is 0 Å². The smallest absolute Gasteiger partial charge is 0.349 e. The lowest BCUT2D eigenvalue weighted by atomic mass is 10.3. The average molecular weight is 313 g/mol. The molecule has 0 aliphatic carbocycles. The predicted molar refractivity (Wildman–Crippen MR) is 83.3 cm³/mol. The normalized spacial score (nSPS) is 10.4. The monoisotopic (exact) mass is 313 g/mol. The van der Waals surface area contributed by atoms with Crippen molar-refractivity contribution in [2.45, 2.75) is 40.0 Å². The number of aromatic carboxylic acids is 1. The number of nitrogens with zero attached hydrogens (tertiary/aromatic N) is 1. The van der Waals surface area contributed by atoms with Gasteiger partial charge in [0.1, 0.15) is 5.75 Å². The Hall–Kier alpha value is -1.56. The molecule has 0 radical (unpaired) electrons. The molecule has 1 rings (SSSR count). The van der Waals surface area contributed by atoms with Gasteiger partial charge < -0.3 is 14.7 Å². The summed E-state index contributed by atoms with van der Waals surface area (Å²) in [4.78, 5) is 26.1. The second kappa shape index (κ2) is 8.67. The molecule has 0 unspecified atom stereocenters. The lowest BCUT2D eigenvalue weighted by Gasteiger charge is -2.21. The summed E-state index contributed by atoms with van der Waals surface area (Å²) in [7, 11) is 0. The zero-order valence-corrected chi connectivity index (χ0v) is 13.7. The van der Waals surface area contributed by atoms with Gasteiger partial charge in [0, 0.05) is 18.0 Å². The van der Waals surface area contributed by atoms with Gasteiger partial charge in [-0.05, 0) is 25.3 Å². The van der Waals surface area contributed by atoms with E-state index in [-0.39, 0.29) is 17.4 Å². The van der Waals surface area contributed by atoms with Crippen LogP contribution in [0.25, 0.3) is 0 Å². The fraction of sp³-hybridized carbons (Fsp3) is 0.600. The zero-order chi connectivity index (χ0) is 15.8. The minimum atomic E-state index is -1.01. The molecule has 1 aromatic rings. The summed E-state index contributed by atoms with van der Waals surface area (Å²) in [6.07, 6.45) is 2.54. The summed E-state index contributed by atoms with van der Waals surface area (Å²) in [5.74, 6) is -0.814. The molecule has 0 aliphatic heterocycles. The van der Waals surface area contributed by atoms with Gasteiger partial charge in [0.15, 0.2) is 11.5 Å². The minimum Gasteiger partial charge on any atom is -0.482 e. The lowest BCUT2D eigenvalue weighted by molar-refractivity contribution is -0.133. The van der Waals surface area contributed by atoms with Crippen LogP contribution < -0.4 is 4.74 Å². The van der Waals surface area contributed by atoms with Crippen LogP contribution in [0.2, 0.25) is 0 Å². The van der Waals surface area contributed by atoms with Crippen LogP contribution in [-0.2, 0) is 11.2 Å². The van der Waals surface area contributed by atoms with Gasteiger partial charge in [0.25, 0.3) is 5.91 Å². The van der Waals surface area contributed by atoms with E-state index >= 15 is 0 Å². The van der Waals surface area contributed by atoms with Gasteiger partial charge in [-0.1, -0.05) is 20.8 Å². The number of thiophene rings is 1. The minimum absolute atomic E-state index is 0.0979. The van der Waals surface area contributed by atoms with Crippen molar-refractivity contribution in [1.29, 1.82) is 0 Å². The third-order valence-electron chi connectivity index (χ3n) is 2.98. The number of carbonyl (C=O) groups is 2. The first kappa shape index (κ1) is 17.5. The van der Waals surface area contributed by atoms with Crippen LogP contribution in [-0.4, -0.2) is 41.6 Å². The molecule has 1 aromatic heterocycles. The number of amides is 1. The van der Waals surface area contributed by atoms with Crippen LogP contribution >= 0.6 is 11.3 Å². The van der Waals surface area contributed by atoms with E-state index in [1.165, 1.54) is 11.3 Å². The molecule has 0 fully saturated rings. The van der Waals surface area contributed by atoms with E-state index in [2.05, 4.69) is 0 Å². The number of hydrogen-bond acceptors (Lipinski definition) is 4. The van der Waals surface area contributed by atoms with Crippen molar-refractivity contribution < 1.29 is 19.4 Å². The topological polar surface area (TPSA) is 66.8 Å². The Balaban J connectivity index is 2.71. The highest BCUT2D eigenvalue weighted by Crippen LogP contribution is 2.29. The number of carboxylic acids is 1. The number of aryl methyl sites for hydroxylation is 1. The summed E-state index contributed by atoms with van der Waals surface area (Å²) >= 11 is 1.20. The van der Waals surface area contributed by atoms with Crippen molar-refractivity contribution in [1.82, 2.24) is 4.90 Å². The molecule has 1 heterocycles. The fourth-order valence-corrected chi connectivity index (χ4v) is 2.86. The van der Waals surface area contributed by atoms with E-state index in [1.54, 1.807) is 11.0 Å². The summed E-state index contributed by atoms with van der Waals surface area (Å²) in [5, 5.41) is 9.15. The van der Waals surface area contributed by atoms with Crippen LogP contribution in [0.15, 0.2) is 6.07 Å². The second-order valence-electron chi connectivity index (χ2n) is 4.73. The number of hydrogen-bond donors (Lipinski definition) is 1. The lowest BCUT2D eigenvalue weighted by Crippen LogP contribution is -2.36. The Kier molecular flexibility index (Phi) is 7.22. The first-order valence-electron chi connectivity index (χ1n) is 7.29. The first-order valence-corrected chi connectivity index (χ1v) is 8.11. The molecule has 1 N–H and O–H groups in total. The maximum Gasteiger partial charge on any atom is 0.349 e. The Morgan fingerprint density at radius 3 is 2.33 bits per heavy atom. The molecule has 118 valence electrons. The molecule has 0 saturated carbocycles. The largest absolute Gasteiger partial charge is 0.482 e. The Labute approximate surface area is 129 Å². The van der Waals surface area contributed by atoms with Gasteiger partial charge >= 0.3 is 5.97 Å². The maximum absolute atomic E-state index is 12.1. The van der Waals surface area contributed by atoms with Gasteiger partial charge in [-0.3, -0.25) is 4.79 Å². The van der Waals surface area contributed by atoms with Crippen LogP contribution in [0.4, 0.5) is 0 Å². The quantitative estimate of drug-likeness (QED) is 0.761. The molecule has 0 bridgehead atoms. The van der Waals surface area contributed by atoms with Gasteiger partial charge in [0.05, 0.1) is 0 Å². The van der Waals surface area contributed by atoms with Crippen molar-refractivity contribution in [3.63, 3.8) is 0 Å². The molecule has 0 aliphatic rings. The van der Waals surface area contributed by atoms with E-state index in [9.17, 15) is 9.59 Å². The molecule has 0 saturated heterocycles. The van der Waals surface area contributed by atoms with Gasteiger partial charge in [-0.15, -0.1) is 11.3 Å². The van der Waals surface area contributed by atoms with E-state index in [0.29, 0.717) is 18.8 Å². The number of ether oxygens (including phenoxy) is 1. The summed E-state index contributed by atoms with van der Waals surface area (Å²) in [6.45, 7) is 7.28. The second-order valence-corrected chi connectivity index (χ2v) is 5.87. The number of rotatable bonds is 9. The molecule has 5 nitrogen and oxygen atoms in total. The molecule has 0 aromatic carbocycles. The van der Waals surface area contributed by atoms with E-state index in [1.807, 2.05) is 20.8 Å². The Morgan fingerprint density at radius 1 is 1.24 bits per heavy atom. The van der Waals surface area contributed by atoms with Crippen LogP contribution in [0.1, 0.15) is 48.2 Å². The standard InChI is InChI=1S/C15H23NO4S/c1-4-7-16(8-5-2)13(17)10-20-12-9-11(6-3)21-14(12)15(18)19/h9H,4-8,10H2,1-3H3,(H,18,19). The van der Waals surface area contributed by atoms with Crippen LogP contribution in [0.5, 0.6) is 5.75 Å². The number of carbonyl (C=O) groups excluding carboxylic acids is 1. The molecular formula is C15H23NO4S. The van der Waals surface area contributed by atoms with Crippen molar-refractivity contribution in [2.24, 2.45) is 0 Å². The van der Waals surface area contributed by atoms with E-state index in [4.69, 9.17) is 9.84 Å². The van der Waals surface area contributed by atoms with E-state index in [0.717, 1.165) is 24.1 Å². The van der Waals surface area contributed by atoms with E-state index < -0.39 is 5.97 Å². The van der Waals surface area contributed by atoms with Gasteiger partial charge in [-0.2, -0.15) is 0 Å². The molecule has 1 amide bonds. The molecule has 0 atom stereocenters. The summed E-state index contributed by atoms with van der Waals surface area (Å²) in [5.41, 5.74) is 0. The predicted octanol–water partition coefficient (Wildman–Crippen LogP) is 3.04. The SMILES string of the molecule is CCCN(CCC)C(=O)COc1cc(CC)sc1C(=O)O. The van der Waals surface area contributed by atoms with Crippen LogP contribution in [0.3, 0.4) is 0 Å². The average Bonchev–Trinajstić information content (AvgIpc) is 2.88. The zero-order valence-electron chi connectivity index (χ0n) is 12.8. The van der Waals surface area contributed by atoms with Gasteiger partial charge in [0.2, 0.25) is 0 Å². The highest BCUT2D eigenvalue weighted by atomic mass is 32.1. The molecule has 21 heavy (non-hydrogen) atoms. The molecule has 0 spiro atoms. The van der Waals surface area contributed by atoms with Gasteiger partial charge in [-0.25, -0.2) is 4.79 Å². The maximum atomic E-state index is 12.1. The number of carboxylic acid groups (broad SMARTS) is 1. The highest BCUT2D eigenvalue weighted by Gasteiger charge is 2.18.